The molecule has 0 fully saturated rings. The number of carbonyl (C=O) groups excluding carboxylic acids is 1. The summed E-state index contributed by atoms with van der Waals surface area (Å²) >= 11 is 0. The molecule has 122 valence electrons. The Morgan fingerprint density at radius 1 is 1.17 bits per heavy atom. The van der Waals surface area contributed by atoms with Gasteiger partial charge in [-0.1, -0.05) is 30.3 Å². The Morgan fingerprint density at radius 2 is 1.96 bits per heavy atom. The highest BCUT2D eigenvalue weighted by molar-refractivity contribution is 5.93. The van der Waals surface area contributed by atoms with Gasteiger partial charge in [-0.15, -0.1) is 0 Å². The molecule has 0 aliphatic rings. The lowest BCUT2D eigenvalue weighted by Crippen LogP contribution is -2.23. The molecule has 1 heterocycles. The minimum Gasteiger partial charge on any atom is -0.497 e. The third-order valence-electron chi connectivity index (χ3n) is 3.62. The highest BCUT2D eigenvalue weighted by Crippen LogP contribution is 2.21. The lowest BCUT2D eigenvalue weighted by Gasteiger charge is -2.05. The van der Waals surface area contributed by atoms with Gasteiger partial charge in [-0.25, -0.2) is 4.98 Å². The third-order valence-corrected chi connectivity index (χ3v) is 3.62. The molecule has 2 aromatic carbocycles. The summed E-state index contributed by atoms with van der Waals surface area (Å²) in [5.41, 5.74) is 2.09. The second-order valence-electron chi connectivity index (χ2n) is 5.32. The average molecular weight is 322 g/mol. The zero-order valence-corrected chi connectivity index (χ0v) is 13.6. The number of amides is 1. The predicted octanol–water partition coefficient (Wildman–Crippen LogP) is 3.59. The zero-order valence-electron chi connectivity index (χ0n) is 13.6. The molecular weight excluding hydrogens is 304 g/mol. The van der Waals surface area contributed by atoms with E-state index < -0.39 is 0 Å². The minimum atomic E-state index is -0.263. The SMILES string of the molecule is COc1cccc(CNC(=O)c2nc(-c3ccccc3)oc2C)c1. The maximum Gasteiger partial charge on any atom is 0.273 e. The maximum absolute atomic E-state index is 12.4. The van der Waals surface area contributed by atoms with Crippen molar-refractivity contribution in [2.24, 2.45) is 0 Å². The largest absolute Gasteiger partial charge is 0.497 e. The van der Waals surface area contributed by atoms with E-state index >= 15 is 0 Å². The molecule has 3 rings (SSSR count). The Kier molecular flexibility index (Phi) is 4.61. The fourth-order valence-electron chi connectivity index (χ4n) is 2.36. The van der Waals surface area contributed by atoms with Gasteiger partial charge in [0.1, 0.15) is 11.5 Å². The summed E-state index contributed by atoms with van der Waals surface area (Å²) in [6.07, 6.45) is 0. The third kappa shape index (κ3) is 3.46. The molecule has 1 N–H and O–H groups in total. The number of nitrogens with zero attached hydrogens (tertiary/aromatic N) is 1. The van der Waals surface area contributed by atoms with Crippen molar-refractivity contribution in [1.82, 2.24) is 10.3 Å². The Balaban J connectivity index is 1.72. The number of carbonyl (C=O) groups is 1. The highest BCUT2D eigenvalue weighted by atomic mass is 16.5. The topological polar surface area (TPSA) is 64.4 Å². The number of benzene rings is 2. The Bertz CT molecular complexity index is 841. The zero-order chi connectivity index (χ0) is 16.9. The number of aromatic nitrogens is 1. The van der Waals surface area contributed by atoms with Crippen LogP contribution in [-0.4, -0.2) is 18.0 Å². The van der Waals surface area contributed by atoms with E-state index in [-0.39, 0.29) is 5.91 Å². The van der Waals surface area contributed by atoms with Crippen molar-refractivity contribution in [2.75, 3.05) is 7.11 Å². The Labute approximate surface area is 140 Å². The van der Waals surface area contributed by atoms with Gasteiger partial charge in [0, 0.05) is 12.1 Å². The van der Waals surface area contributed by atoms with E-state index in [1.165, 1.54) is 0 Å². The normalized spacial score (nSPS) is 10.4. The molecule has 24 heavy (non-hydrogen) atoms. The number of rotatable bonds is 5. The van der Waals surface area contributed by atoms with Gasteiger partial charge in [0.25, 0.3) is 5.91 Å². The van der Waals surface area contributed by atoms with Crippen molar-refractivity contribution >= 4 is 5.91 Å². The first-order valence-electron chi connectivity index (χ1n) is 7.61. The maximum atomic E-state index is 12.4. The molecule has 0 saturated heterocycles. The van der Waals surface area contributed by atoms with E-state index in [2.05, 4.69) is 10.3 Å². The van der Waals surface area contributed by atoms with E-state index in [9.17, 15) is 4.79 Å². The highest BCUT2D eigenvalue weighted by Gasteiger charge is 2.17. The fourth-order valence-corrected chi connectivity index (χ4v) is 2.36. The standard InChI is InChI=1S/C19H18N2O3/c1-13-17(21-19(24-13)15-8-4-3-5-9-15)18(22)20-12-14-7-6-10-16(11-14)23-2/h3-11H,12H2,1-2H3,(H,20,22). The van der Waals surface area contributed by atoms with Crippen LogP contribution in [0.15, 0.2) is 59.0 Å². The van der Waals surface area contributed by atoms with Crippen molar-refractivity contribution < 1.29 is 13.9 Å². The molecule has 3 aromatic rings. The number of oxazole rings is 1. The van der Waals surface area contributed by atoms with E-state index in [1.54, 1.807) is 14.0 Å². The molecule has 0 bridgehead atoms. The number of hydrogen-bond acceptors (Lipinski definition) is 4. The summed E-state index contributed by atoms with van der Waals surface area (Å²) in [4.78, 5) is 16.7. The second-order valence-corrected chi connectivity index (χ2v) is 5.32. The van der Waals surface area contributed by atoms with Crippen LogP contribution in [0.25, 0.3) is 11.5 Å². The lowest BCUT2D eigenvalue weighted by atomic mass is 10.2. The van der Waals surface area contributed by atoms with Gasteiger partial charge >= 0.3 is 0 Å². The van der Waals surface area contributed by atoms with Gasteiger partial charge in [-0.05, 0) is 36.8 Å². The lowest BCUT2D eigenvalue weighted by molar-refractivity contribution is 0.0945. The summed E-state index contributed by atoms with van der Waals surface area (Å²) in [5, 5.41) is 2.86. The number of hydrogen-bond donors (Lipinski definition) is 1. The first-order chi connectivity index (χ1) is 11.7. The molecular formula is C19H18N2O3. The minimum absolute atomic E-state index is 0.263. The van der Waals surface area contributed by atoms with Gasteiger partial charge in [0.05, 0.1) is 7.11 Å². The Morgan fingerprint density at radius 3 is 2.71 bits per heavy atom. The van der Waals surface area contributed by atoms with Gasteiger partial charge < -0.3 is 14.5 Å². The van der Waals surface area contributed by atoms with Crippen LogP contribution in [0.5, 0.6) is 5.75 Å². The number of ether oxygens (including phenoxy) is 1. The second kappa shape index (κ2) is 7.00. The molecule has 0 radical (unpaired) electrons. The van der Waals surface area contributed by atoms with Crippen molar-refractivity contribution in [3.8, 4) is 17.2 Å². The molecule has 1 amide bonds. The smallest absolute Gasteiger partial charge is 0.273 e. The van der Waals surface area contributed by atoms with Crippen LogP contribution in [0, 0.1) is 6.92 Å². The monoisotopic (exact) mass is 322 g/mol. The summed E-state index contributed by atoms with van der Waals surface area (Å²) in [6, 6.07) is 17.1. The quantitative estimate of drug-likeness (QED) is 0.779. The van der Waals surface area contributed by atoms with Crippen LogP contribution in [0.3, 0.4) is 0 Å². The summed E-state index contributed by atoms with van der Waals surface area (Å²) in [5.74, 6) is 1.43. The summed E-state index contributed by atoms with van der Waals surface area (Å²) < 4.78 is 10.8. The molecule has 0 saturated carbocycles. The van der Waals surface area contributed by atoms with Gasteiger partial charge in [0.2, 0.25) is 5.89 Å². The van der Waals surface area contributed by atoms with Gasteiger partial charge in [0.15, 0.2) is 5.69 Å². The van der Waals surface area contributed by atoms with Crippen molar-refractivity contribution in [3.05, 3.63) is 71.6 Å². The van der Waals surface area contributed by atoms with Crippen molar-refractivity contribution in [2.45, 2.75) is 13.5 Å². The molecule has 0 unspecified atom stereocenters. The number of aryl methyl sites for hydroxylation is 1. The van der Waals surface area contributed by atoms with Crippen LogP contribution in [0.1, 0.15) is 21.8 Å². The summed E-state index contributed by atoms with van der Waals surface area (Å²) in [6.45, 7) is 2.13. The molecule has 5 nitrogen and oxygen atoms in total. The summed E-state index contributed by atoms with van der Waals surface area (Å²) in [7, 11) is 1.61. The van der Waals surface area contributed by atoms with Crippen molar-refractivity contribution in [3.63, 3.8) is 0 Å². The number of nitrogens with one attached hydrogen (secondary N) is 1. The fraction of sp³-hybridized carbons (Fsp3) is 0.158. The Hall–Kier alpha value is -3.08. The molecule has 0 atom stereocenters. The van der Waals surface area contributed by atoms with E-state index in [0.29, 0.717) is 23.9 Å². The molecule has 1 aromatic heterocycles. The molecule has 0 spiro atoms. The predicted molar refractivity (Wildman–Crippen MR) is 90.8 cm³/mol. The molecule has 0 aliphatic carbocycles. The van der Waals surface area contributed by atoms with Crippen LogP contribution in [0.4, 0.5) is 0 Å². The van der Waals surface area contributed by atoms with Crippen molar-refractivity contribution in [1.29, 1.82) is 0 Å². The van der Waals surface area contributed by atoms with Gasteiger partial charge in [-0.3, -0.25) is 4.79 Å². The molecule has 0 aliphatic heterocycles. The number of methoxy groups -OCH3 is 1. The van der Waals surface area contributed by atoms with E-state index in [4.69, 9.17) is 9.15 Å². The van der Waals surface area contributed by atoms with E-state index in [0.717, 1.165) is 16.9 Å². The molecule has 5 heteroatoms. The first kappa shape index (κ1) is 15.8. The van der Waals surface area contributed by atoms with Crippen LogP contribution in [-0.2, 0) is 6.54 Å². The van der Waals surface area contributed by atoms with E-state index in [1.807, 2.05) is 54.6 Å². The van der Waals surface area contributed by atoms with Crippen LogP contribution < -0.4 is 10.1 Å². The van der Waals surface area contributed by atoms with Crippen LogP contribution in [0.2, 0.25) is 0 Å². The van der Waals surface area contributed by atoms with Gasteiger partial charge in [-0.2, -0.15) is 0 Å². The first-order valence-corrected chi connectivity index (χ1v) is 7.61. The van der Waals surface area contributed by atoms with Crippen LogP contribution >= 0.6 is 0 Å². The average Bonchev–Trinajstić information content (AvgIpc) is 3.02.